The first-order chi connectivity index (χ1) is 19.0. The Morgan fingerprint density at radius 3 is 2.12 bits per heavy atom. The van der Waals surface area contributed by atoms with Crippen molar-refractivity contribution in [2.45, 2.75) is 104 Å². The van der Waals surface area contributed by atoms with Crippen LogP contribution in [0.1, 0.15) is 90.5 Å². The summed E-state index contributed by atoms with van der Waals surface area (Å²) in [4.78, 5) is 42.7. The minimum atomic E-state index is -1.08. The highest BCUT2D eigenvalue weighted by atomic mass is 16.6. The van der Waals surface area contributed by atoms with Gasteiger partial charge in [-0.2, -0.15) is 0 Å². The summed E-state index contributed by atoms with van der Waals surface area (Å²) in [6, 6.07) is 9.11. The van der Waals surface area contributed by atoms with Crippen LogP contribution in [0.2, 0.25) is 0 Å². The van der Waals surface area contributed by atoms with E-state index in [2.05, 4.69) is 17.6 Å². The molecule has 2 rings (SSSR count). The van der Waals surface area contributed by atoms with Crippen molar-refractivity contribution in [1.82, 2.24) is 15.5 Å². The molecule has 0 aliphatic carbocycles. The van der Waals surface area contributed by atoms with Crippen molar-refractivity contribution in [3.05, 3.63) is 59.2 Å². The summed E-state index contributed by atoms with van der Waals surface area (Å²) in [5.41, 5.74) is 0.172. The maximum atomic E-state index is 14.5. The fraction of sp³-hybridized carbons (Fsp3) is 0.531. The molecule has 0 radical (unpaired) electrons. The lowest BCUT2D eigenvalue weighted by molar-refractivity contribution is -0.148. The van der Waals surface area contributed by atoms with E-state index in [1.54, 1.807) is 52.0 Å². The molecule has 0 bridgehead atoms. The minimum absolute atomic E-state index is 0.0792. The van der Waals surface area contributed by atoms with Gasteiger partial charge in [-0.15, -0.1) is 0 Å². The molecule has 226 valence electrons. The van der Waals surface area contributed by atoms with E-state index in [0.717, 1.165) is 19.3 Å². The highest BCUT2D eigenvalue weighted by Gasteiger charge is 2.42. The van der Waals surface area contributed by atoms with Crippen molar-refractivity contribution in [2.24, 2.45) is 0 Å². The van der Waals surface area contributed by atoms with E-state index in [-0.39, 0.29) is 23.8 Å². The molecule has 3 amide bonds. The van der Waals surface area contributed by atoms with E-state index in [9.17, 15) is 24.6 Å². The van der Waals surface area contributed by atoms with Crippen molar-refractivity contribution in [1.29, 1.82) is 0 Å². The number of rotatable bonds is 11. The summed E-state index contributed by atoms with van der Waals surface area (Å²) in [6.07, 6.45) is 2.10. The third-order valence-corrected chi connectivity index (χ3v) is 6.45. The van der Waals surface area contributed by atoms with Crippen molar-refractivity contribution >= 4 is 17.9 Å². The number of hydrogen-bond donors (Lipinski definition) is 4. The molecule has 9 nitrogen and oxygen atoms in total. The quantitative estimate of drug-likeness (QED) is 0.264. The van der Waals surface area contributed by atoms with E-state index in [4.69, 9.17) is 4.74 Å². The Labute approximate surface area is 244 Å². The number of aromatic hydroxyl groups is 2. The van der Waals surface area contributed by atoms with E-state index in [0.29, 0.717) is 23.2 Å². The first kappa shape index (κ1) is 33.5. The number of hydrogen-bond acceptors (Lipinski definition) is 6. The third kappa shape index (κ3) is 10.3. The molecule has 0 saturated heterocycles. The Morgan fingerprint density at radius 1 is 0.951 bits per heavy atom. The molecule has 0 aromatic heterocycles. The molecule has 4 N–H and O–H groups in total. The summed E-state index contributed by atoms with van der Waals surface area (Å²) in [7, 11) is 0. The van der Waals surface area contributed by atoms with E-state index >= 15 is 0 Å². The molecule has 0 aliphatic heterocycles. The van der Waals surface area contributed by atoms with Crippen LogP contribution in [0.5, 0.6) is 11.5 Å². The molecule has 0 fully saturated rings. The molecule has 2 atom stereocenters. The number of nitrogens with zero attached hydrogens (tertiary/aromatic N) is 1. The Morgan fingerprint density at radius 2 is 1.59 bits per heavy atom. The van der Waals surface area contributed by atoms with Crippen LogP contribution in [0.15, 0.2) is 42.5 Å². The number of carbonyl (C=O) groups is 3. The average molecular weight is 570 g/mol. The Balaban J connectivity index is 2.60. The van der Waals surface area contributed by atoms with Crippen LogP contribution >= 0.6 is 0 Å². The highest BCUT2D eigenvalue weighted by molar-refractivity contribution is 5.93. The number of carbonyl (C=O) groups excluding carboxylic acids is 3. The van der Waals surface area contributed by atoms with Gasteiger partial charge in [0.25, 0.3) is 0 Å². The number of ether oxygens (including phenoxy) is 1. The molecular formula is C32H47N3O6. The van der Waals surface area contributed by atoms with Crippen LogP contribution in [0.25, 0.3) is 0 Å². The van der Waals surface area contributed by atoms with Gasteiger partial charge in [0.2, 0.25) is 11.8 Å². The summed E-state index contributed by atoms with van der Waals surface area (Å²) in [5, 5.41) is 25.6. The highest BCUT2D eigenvalue weighted by Crippen LogP contribution is 2.32. The lowest BCUT2D eigenvalue weighted by Crippen LogP contribution is -2.59. The van der Waals surface area contributed by atoms with E-state index in [1.165, 1.54) is 23.1 Å². The third-order valence-electron chi connectivity index (χ3n) is 6.45. The first-order valence-electron chi connectivity index (χ1n) is 14.2. The predicted octanol–water partition coefficient (Wildman–Crippen LogP) is 5.52. The van der Waals surface area contributed by atoms with Crippen LogP contribution in [0.3, 0.4) is 0 Å². The second-order valence-electron chi connectivity index (χ2n) is 12.4. The zero-order valence-electron chi connectivity index (χ0n) is 25.7. The van der Waals surface area contributed by atoms with Crippen molar-refractivity contribution < 1.29 is 29.3 Å². The zero-order valence-corrected chi connectivity index (χ0v) is 25.7. The second-order valence-corrected chi connectivity index (χ2v) is 12.4. The average Bonchev–Trinajstić information content (AvgIpc) is 2.85. The van der Waals surface area contributed by atoms with Gasteiger partial charge >= 0.3 is 6.09 Å². The molecule has 2 aromatic rings. The molecule has 0 spiro atoms. The molecule has 0 saturated carbocycles. The first-order valence-corrected chi connectivity index (χ1v) is 14.2. The fourth-order valence-corrected chi connectivity index (χ4v) is 4.48. The molecular weight excluding hydrogens is 522 g/mol. The normalized spacial score (nSPS) is 13.2. The molecule has 9 heteroatoms. The largest absolute Gasteiger partial charge is 0.508 e. The van der Waals surface area contributed by atoms with Gasteiger partial charge in [0, 0.05) is 18.5 Å². The van der Waals surface area contributed by atoms with Crippen molar-refractivity contribution in [3.8, 4) is 11.5 Å². The van der Waals surface area contributed by atoms with Gasteiger partial charge in [-0.25, -0.2) is 4.79 Å². The number of benzene rings is 2. The maximum absolute atomic E-state index is 14.5. The molecule has 0 heterocycles. The van der Waals surface area contributed by atoms with Gasteiger partial charge in [0.05, 0.1) is 0 Å². The lowest BCUT2D eigenvalue weighted by atomic mass is 9.93. The van der Waals surface area contributed by atoms with Crippen LogP contribution in [0.4, 0.5) is 4.79 Å². The number of amides is 3. The lowest BCUT2D eigenvalue weighted by Gasteiger charge is -2.43. The molecule has 41 heavy (non-hydrogen) atoms. The van der Waals surface area contributed by atoms with Crippen LogP contribution in [-0.2, 0) is 20.7 Å². The fourth-order valence-electron chi connectivity index (χ4n) is 4.48. The summed E-state index contributed by atoms with van der Waals surface area (Å²) >= 11 is 0. The standard InChI is InChI=1S/C32H47N3O6/c1-9-10-11-18-33-28(38)27(23-14-17-26(37)21(2)19-23)35(31(3,4)5)29(39)25(34-30(40)41-32(6,7)8)20-22-12-15-24(36)16-13-22/h12-17,19,25,27,36-37H,9-11,18,20H2,1-8H3,(H,33,38)(H,34,40). The van der Waals surface area contributed by atoms with Crippen molar-refractivity contribution in [3.63, 3.8) is 0 Å². The van der Waals surface area contributed by atoms with Gasteiger partial charge in [-0.1, -0.05) is 38.0 Å². The molecule has 0 aliphatic rings. The van der Waals surface area contributed by atoms with E-state index < -0.39 is 35.2 Å². The summed E-state index contributed by atoms with van der Waals surface area (Å²) in [6.45, 7) is 15.0. The number of unbranched alkanes of at least 4 members (excludes halogenated alkanes) is 2. The summed E-state index contributed by atoms with van der Waals surface area (Å²) in [5.74, 6) is -0.664. The van der Waals surface area contributed by atoms with Crippen molar-refractivity contribution in [2.75, 3.05) is 6.54 Å². The number of alkyl carbamates (subject to hydrolysis) is 1. The number of phenolic OH excluding ortho intramolecular Hbond substituents is 2. The van der Waals surface area contributed by atoms with E-state index in [1.807, 2.05) is 20.8 Å². The molecule has 2 aromatic carbocycles. The summed E-state index contributed by atoms with van der Waals surface area (Å²) < 4.78 is 5.47. The van der Waals surface area contributed by atoms with Crippen LogP contribution in [-0.4, -0.2) is 56.7 Å². The topological polar surface area (TPSA) is 128 Å². The Kier molecular flexibility index (Phi) is 11.6. The monoisotopic (exact) mass is 569 g/mol. The smallest absolute Gasteiger partial charge is 0.408 e. The predicted molar refractivity (Wildman–Crippen MR) is 160 cm³/mol. The number of aryl methyl sites for hydroxylation is 1. The number of phenols is 2. The van der Waals surface area contributed by atoms with Gasteiger partial charge < -0.3 is 30.5 Å². The van der Waals surface area contributed by atoms with Gasteiger partial charge in [-0.05, 0) is 95.8 Å². The van der Waals surface area contributed by atoms with Gasteiger partial charge in [0.15, 0.2) is 0 Å². The minimum Gasteiger partial charge on any atom is -0.508 e. The molecule has 2 unspecified atom stereocenters. The van der Waals surface area contributed by atoms with Gasteiger partial charge in [-0.3, -0.25) is 9.59 Å². The maximum Gasteiger partial charge on any atom is 0.408 e. The second kappa shape index (κ2) is 14.2. The van der Waals surface area contributed by atoms with Crippen LogP contribution < -0.4 is 10.6 Å². The SMILES string of the molecule is CCCCCNC(=O)C(c1ccc(O)c(C)c1)N(C(=O)C(Cc1ccc(O)cc1)NC(=O)OC(C)(C)C)C(C)(C)C. The Bertz CT molecular complexity index is 1180. The zero-order chi connectivity index (χ0) is 31.0. The number of nitrogens with one attached hydrogen (secondary N) is 2. The van der Waals surface area contributed by atoms with Crippen LogP contribution in [0, 0.1) is 6.92 Å². The van der Waals surface area contributed by atoms with Gasteiger partial charge in [0.1, 0.15) is 29.2 Å². The Hall–Kier alpha value is -3.75.